The molecule has 0 rings (SSSR count). The average molecular weight is 431 g/mol. The maximum atomic E-state index is 11.7. The van der Waals surface area contributed by atoms with Crippen molar-refractivity contribution in [2.24, 2.45) is 0 Å². The summed E-state index contributed by atoms with van der Waals surface area (Å²) in [4.78, 5) is 23.3. The summed E-state index contributed by atoms with van der Waals surface area (Å²) in [6.07, 6.45) is 18.1. The number of carboxylic acids is 1. The van der Waals surface area contributed by atoms with Gasteiger partial charge in [0.2, 0.25) is 5.91 Å². The minimum absolute atomic E-state index is 0.233. The van der Waals surface area contributed by atoms with Gasteiger partial charge in [-0.25, -0.2) is 4.79 Å². The number of nitrogens with one attached hydrogen (secondary N) is 1. The van der Waals surface area contributed by atoms with E-state index in [1.54, 1.807) is 0 Å². The number of unbranched alkanes of at least 4 members (excludes halogenated alkanes) is 12. The number of hydrogen-bond donors (Lipinski definition) is 3. The highest BCUT2D eigenvalue weighted by atomic mass is 16.4. The topological polar surface area (TPSA) is 89.9 Å². The normalized spacial score (nSPS) is 11.7. The largest absolute Gasteiger partial charge is 0.479 e. The van der Waals surface area contributed by atoms with Crippen molar-refractivity contribution in [2.45, 2.75) is 116 Å². The lowest BCUT2D eigenvalue weighted by atomic mass is 10.0. The zero-order chi connectivity index (χ0) is 23.0. The van der Waals surface area contributed by atoms with E-state index in [0.29, 0.717) is 6.42 Å². The Bertz CT molecular complexity index is 387. The lowest BCUT2D eigenvalue weighted by Crippen LogP contribution is -2.26. The van der Waals surface area contributed by atoms with Gasteiger partial charge in [-0.05, 0) is 40.4 Å². The zero-order valence-corrected chi connectivity index (χ0v) is 20.3. The summed E-state index contributed by atoms with van der Waals surface area (Å²) in [6.45, 7) is 5.33. The van der Waals surface area contributed by atoms with Gasteiger partial charge in [0.05, 0.1) is 0 Å². The van der Waals surface area contributed by atoms with Crippen LogP contribution < -0.4 is 5.32 Å². The van der Waals surface area contributed by atoms with E-state index in [-0.39, 0.29) is 5.91 Å². The molecule has 0 radical (unpaired) electrons. The summed E-state index contributed by atoms with van der Waals surface area (Å²) in [6, 6.07) is 0. The first-order valence-corrected chi connectivity index (χ1v) is 12.1. The van der Waals surface area contributed by atoms with Crippen LogP contribution in [-0.4, -0.2) is 60.3 Å². The number of nitrogens with zero attached hydrogens (tertiary/aromatic N) is 1. The quantitative estimate of drug-likeness (QED) is 0.251. The van der Waals surface area contributed by atoms with Crippen LogP contribution in [0.15, 0.2) is 0 Å². The van der Waals surface area contributed by atoms with Crippen molar-refractivity contribution in [3.63, 3.8) is 0 Å². The molecule has 0 heterocycles. The van der Waals surface area contributed by atoms with E-state index in [0.717, 1.165) is 25.9 Å². The monoisotopic (exact) mass is 430 g/mol. The molecule has 0 aliphatic carbocycles. The Kier molecular flexibility index (Phi) is 25.0. The summed E-state index contributed by atoms with van der Waals surface area (Å²) in [5.74, 6) is -0.952. The van der Waals surface area contributed by atoms with Crippen LogP contribution in [0.2, 0.25) is 0 Å². The van der Waals surface area contributed by atoms with Gasteiger partial charge >= 0.3 is 5.97 Å². The second-order valence-electron chi connectivity index (χ2n) is 8.51. The molecule has 0 aromatic carbocycles. The van der Waals surface area contributed by atoms with E-state index in [1.807, 2.05) is 0 Å². The van der Waals surface area contributed by atoms with Crippen molar-refractivity contribution >= 4 is 11.9 Å². The van der Waals surface area contributed by atoms with Crippen LogP contribution in [0.5, 0.6) is 0 Å². The Labute approximate surface area is 185 Å². The van der Waals surface area contributed by atoms with E-state index in [1.165, 1.54) is 84.0 Å². The molecule has 1 amide bonds. The van der Waals surface area contributed by atoms with Gasteiger partial charge in [-0.2, -0.15) is 0 Å². The van der Waals surface area contributed by atoms with E-state index in [4.69, 9.17) is 10.2 Å². The maximum Gasteiger partial charge on any atom is 0.332 e. The number of carboxylic acid groups (broad SMARTS) is 1. The fourth-order valence-electron chi connectivity index (χ4n) is 3.01. The fourth-order valence-corrected chi connectivity index (χ4v) is 3.01. The maximum absolute atomic E-state index is 11.7. The van der Waals surface area contributed by atoms with Crippen LogP contribution in [0.4, 0.5) is 0 Å². The summed E-state index contributed by atoms with van der Waals surface area (Å²) >= 11 is 0. The first kappa shape index (κ1) is 31.0. The van der Waals surface area contributed by atoms with E-state index in [2.05, 4.69) is 31.2 Å². The van der Waals surface area contributed by atoms with Crippen LogP contribution in [0.1, 0.15) is 110 Å². The van der Waals surface area contributed by atoms with Crippen LogP contribution in [0, 0.1) is 0 Å². The third-order valence-electron chi connectivity index (χ3n) is 4.97. The number of rotatable bonds is 19. The first-order valence-electron chi connectivity index (χ1n) is 12.1. The average Bonchev–Trinajstić information content (AvgIpc) is 2.69. The molecule has 0 saturated heterocycles. The Morgan fingerprint density at radius 1 is 0.800 bits per heavy atom. The van der Waals surface area contributed by atoms with Gasteiger partial charge in [0.25, 0.3) is 0 Å². The second-order valence-corrected chi connectivity index (χ2v) is 8.51. The number of hydrogen-bond acceptors (Lipinski definition) is 4. The zero-order valence-electron chi connectivity index (χ0n) is 20.3. The smallest absolute Gasteiger partial charge is 0.332 e. The number of carbonyl (C=O) groups excluding carboxylic acids is 1. The molecule has 180 valence electrons. The van der Waals surface area contributed by atoms with Crippen LogP contribution in [0.3, 0.4) is 0 Å². The number of aliphatic hydroxyl groups is 1. The fraction of sp³-hybridized carbons (Fsp3) is 0.917. The summed E-state index contributed by atoms with van der Waals surface area (Å²) < 4.78 is 0. The van der Waals surface area contributed by atoms with Gasteiger partial charge in [0.15, 0.2) is 0 Å². The van der Waals surface area contributed by atoms with Crippen molar-refractivity contribution in [2.75, 3.05) is 27.2 Å². The highest BCUT2D eigenvalue weighted by Crippen LogP contribution is 2.12. The molecule has 6 nitrogen and oxygen atoms in total. The number of carbonyl (C=O) groups is 2. The second kappa shape index (κ2) is 24.1. The highest BCUT2D eigenvalue weighted by Gasteiger charge is 2.02. The third kappa shape index (κ3) is 29.1. The molecule has 1 unspecified atom stereocenters. The Hall–Kier alpha value is -1.14. The van der Waals surface area contributed by atoms with Crippen molar-refractivity contribution in [3.05, 3.63) is 0 Å². The Morgan fingerprint density at radius 2 is 1.20 bits per heavy atom. The minimum Gasteiger partial charge on any atom is -0.479 e. The number of aliphatic carboxylic acids is 1. The number of aliphatic hydroxyl groups excluding tert-OH is 1. The molecule has 0 aliphatic heterocycles. The Morgan fingerprint density at radius 3 is 1.57 bits per heavy atom. The molecule has 1 atom stereocenters. The lowest BCUT2D eigenvalue weighted by molar-refractivity contribution is -0.145. The molecule has 3 N–H and O–H groups in total. The molecule has 30 heavy (non-hydrogen) atoms. The number of amides is 1. The lowest BCUT2D eigenvalue weighted by Gasteiger charge is -2.09. The Balaban J connectivity index is 0. The van der Waals surface area contributed by atoms with Crippen molar-refractivity contribution in [1.82, 2.24) is 10.2 Å². The van der Waals surface area contributed by atoms with Gasteiger partial charge in [-0.1, -0.05) is 84.0 Å². The predicted molar refractivity (Wildman–Crippen MR) is 126 cm³/mol. The molecule has 0 bridgehead atoms. The van der Waals surface area contributed by atoms with Crippen molar-refractivity contribution in [3.8, 4) is 0 Å². The van der Waals surface area contributed by atoms with E-state index in [9.17, 15) is 9.59 Å². The van der Waals surface area contributed by atoms with Gasteiger partial charge in [-0.3, -0.25) is 4.79 Å². The van der Waals surface area contributed by atoms with Crippen LogP contribution in [0.25, 0.3) is 0 Å². The van der Waals surface area contributed by atoms with Crippen molar-refractivity contribution in [1.29, 1.82) is 0 Å². The predicted octanol–water partition coefficient (Wildman–Crippen LogP) is 4.99. The molecular weight excluding hydrogens is 380 g/mol. The minimum atomic E-state index is -1.23. The van der Waals surface area contributed by atoms with Crippen LogP contribution in [-0.2, 0) is 9.59 Å². The summed E-state index contributed by atoms with van der Waals surface area (Å²) in [5.41, 5.74) is 0. The molecular formula is C24H50N2O4. The molecule has 0 aromatic rings. The standard InChI is InChI=1S/C21H44N2O.C3H6O3/c1-4-5-6-7-8-9-10-11-12-13-14-15-16-18-21(24)22-19-17-20-23(2)3;1-2(4)3(5)6/h4-20H2,1-3H3,(H,22,24);2,4H,1H3,(H,5,6). The summed E-state index contributed by atoms with van der Waals surface area (Å²) in [5, 5.41) is 18.8. The van der Waals surface area contributed by atoms with E-state index >= 15 is 0 Å². The molecule has 0 saturated carbocycles. The third-order valence-corrected chi connectivity index (χ3v) is 4.97. The molecule has 0 aromatic heterocycles. The van der Waals surface area contributed by atoms with Crippen molar-refractivity contribution < 1.29 is 19.8 Å². The molecule has 6 heteroatoms. The molecule has 0 aliphatic rings. The van der Waals surface area contributed by atoms with Gasteiger partial charge in [0.1, 0.15) is 6.10 Å². The molecule has 0 fully saturated rings. The van der Waals surface area contributed by atoms with Gasteiger partial charge < -0.3 is 20.4 Å². The SMILES string of the molecule is CC(O)C(=O)O.CCCCCCCCCCCCCCCC(=O)NCCCN(C)C. The van der Waals surface area contributed by atoms with Gasteiger partial charge in [0, 0.05) is 13.0 Å². The summed E-state index contributed by atoms with van der Waals surface area (Å²) in [7, 11) is 4.13. The van der Waals surface area contributed by atoms with Crippen LogP contribution >= 0.6 is 0 Å². The molecule has 0 spiro atoms. The van der Waals surface area contributed by atoms with Gasteiger partial charge in [-0.15, -0.1) is 0 Å². The first-order chi connectivity index (χ1) is 14.3. The van der Waals surface area contributed by atoms with E-state index < -0.39 is 12.1 Å². The highest BCUT2D eigenvalue weighted by molar-refractivity contribution is 5.75.